The second-order valence-corrected chi connectivity index (χ2v) is 7.94. The average Bonchev–Trinajstić information content (AvgIpc) is 2.79. The van der Waals surface area contributed by atoms with Crippen molar-refractivity contribution in [3.05, 3.63) is 82.4 Å². The number of nitrogens with one attached hydrogen (secondary N) is 1. The molecule has 1 heterocycles. The zero-order chi connectivity index (χ0) is 20.1. The Balaban J connectivity index is 1.32. The molecular formula is C25H28N2O2. The lowest BCUT2D eigenvalue weighted by atomic mass is 9.97. The Labute approximate surface area is 172 Å². The lowest BCUT2D eigenvalue weighted by molar-refractivity contribution is 0.0734. The van der Waals surface area contributed by atoms with Crippen molar-refractivity contribution in [3.8, 4) is 0 Å². The fraction of sp³-hybridized carbons (Fsp3) is 0.360. The highest BCUT2D eigenvalue weighted by Crippen LogP contribution is 2.21. The molecule has 0 saturated heterocycles. The Hall–Kier alpha value is -2.88. The average molecular weight is 389 g/mol. The van der Waals surface area contributed by atoms with Crippen LogP contribution in [-0.2, 0) is 13.0 Å². The number of rotatable bonds is 5. The van der Waals surface area contributed by atoms with Crippen LogP contribution in [-0.4, -0.2) is 29.8 Å². The maximum Gasteiger partial charge on any atom is 0.254 e. The largest absolute Gasteiger partial charge is 0.352 e. The van der Waals surface area contributed by atoms with Crippen LogP contribution >= 0.6 is 0 Å². The molecule has 1 aliphatic carbocycles. The maximum absolute atomic E-state index is 12.9. The SMILES string of the molecule is O=C(NCCC1=CCCCC1)c1ccc(C(=O)N2CCc3ccccc3C2)cc1. The first-order chi connectivity index (χ1) is 14.2. The summed E-state index contributed by atoms with van der Waals surface area (Å²) in [6.07, 6.45) is 9.00. The Kier molecular flexibility index (Phi) is 6.09. The zero-order valence-electron chi connectivity index (χ0n) is 16.8. The van der Waals surface area contributed by atoms with Gasteiger partial charge in [0.05, 0.1) is 0 Å². The maximum atomic E-state index is 12.9. The number of fused-ring (bicyclic) bond motifs is 1. The van der Waals surface area contributed by atoms with E-state index in [4.69, 9.17) is 0 Å². The number of nitrogens with zero attached hydrogens (tertiary/aromatic N) is 1. The molecule has 0 saturated carbocycles. The van der Waals surface area contributed by atoms with Crippen LogP contribution in [0, 0.1) is 0 Å². The third-order valence-electron chi connectivity index (χ3n) is 5.93. The Morgan fingerprint density at radius 1 is 0.897 bits per heavy atom. The van der Waals surface area contributed by atoms with Crippen LogP contribution in [0.4, 0.5) is 0 Å². The fourth-order valence-electron chi connectivity index (χ4n) is 4.19. The molecule has 4 rings (SSSR count). The highest BCUT2D eigenvalue weighted by atomic mass is 16.2. The van der Waals surface area contributed by atoms with Crippen molar-refractivity contribution in [2.24, 2.45) is 0 Å². The smallest absolute Gasteiger partial charge is 0.254 e. The number of benzene rings is 2. The van der Waals surface area contributed by atoms with Crippen LogP contribution in [0.2, 0.25) is 0 Å². The van der Waals surface area contributed by atoms with Gasteiger partial charge < -0.3 is 10.2 Å². The van der Waals surface area contributed by atoms with Crippen molar-refractivity contribution in [1.82, 2.24) is 10.2 Å². The van der Waals surface area contributed by atoms with Crippen molar-refractivity contribution in [3.63, 3.8) is 0 Å². The minimum Gasteiger partial charge on any atom is -0.352 e. The summed E-state index contributed by atoms with van der Waals surface area (Å²) in [7, 11) is 0. The summed E-state index contributed by atoms with van der Waals surface area (Å²) in [5, 5.41) is 2.99. The van der Waals surface area contributed by atoms with E-state index >= 15 is 0 Å². The molecule has 0 bridgehead atoms. The van der Waals surface area contributed by atoms with Crippen LogP contribution in [0.15, 0.2) is 60.2 Å². The molecule has 0 aromatic heterocycles. The van der Waals surface area contributed by atoms with Crippen molar-refractivity contribution >= 4 is 11.8 Å². The Morgan fingerprint density at radius 2 is 1.66 bits per heavy atom. The van der Waals surface area contributed by atoms with Crippen LogP contribution < -0.4 is 5.32 Å². The predicted molar refractivity (Wildman–Crippen MR) is 115 cm³/mol. The quantitative estimate of drug-likeness (QED) is 0.767. The number of amides is 2. The molecule has 0 unspecified atom stereocenters. The summed E-state index contributed by atoms with van der Waals surface area (Å²) in [6.45, 7) is 2.04. The molecule has 2 aromatic carbocycles. The second-order valence-electron chi connectivity index (χ2n) is 7.94. The van der Waals surface area contributed by atoms with E-state index < -0.39 is 0 Å². The van der Waals surface area contributed by atoms with Gasteiger partial charge in [0, 0.05) is 30.8 Å². The summed E-state index contributed by atoms with van der Waals surface area (Å²) < 4.78 is 0. The number of allylic oxidation sites excluding steroid dienone is 1. The van der Waals surface area contributed by atoms with E-state index in [0.717, 1.165) is 25.8 Å². The minimum atomic E-state index is -0.0766. The van der Waals surface area contributed by atoms with Gasteiger partial charge in [-0.15, -0.1) is 0 Å². The summed E-state index contributed by atoms with van der Waals surface area (Å²) >= 11 is 0. The van der Waals surface area contributed by atoms with E-state index in [2.05, 4.69) is 23.5 Å². The highest BCUT2D eigenvalue weighted by Gasteiger charge is 2.21. The number of hydrogen-bond acceptors (Lipinski definition) is 2. The third kappa shape index (κ3) is 4.76. The van der Waals surface area contributed by atoms with Gasteiger partial charge in [-0.3, -0.25) is 9.59 Å². The predicted octanol–water partition coefficient (Wildman–Crippen LogP) is 4.51. The lowest BCUT2D eigenvalue weighted by Gasteiger charge is -2.29. The van der Waals surface area contributed by atoms with E-state index in [1.165, 1.54) is 36.0 Å². The van der Waals surface area contributed by atoms with Crippen molar-refractivity contribution < 1.29 is 9.59 Å². The molecule has 4 heteroatoms. The zero-order valence-corrected chi connectivity index (χ0v) is 16.8. The van der Waals surface area contributed by atoms with Crippen molar-refractivity contribution in [2.75, 3.05) is 13.1 Å². The van der Waals surface area contributed by atoms with Gasteiger partial charge in [-0.05, 0) is 73.9 Å². The second kappa shape index (κ2) is 9.08. The van der Waals surface area contributed by atoms with E-state index in [1.54, 1.807) is 24.3 Å². The van der Waals surface area contributed by atoms with Crippen LogP contribution in [0.1, 0.15) is 63.9 Å². The molecule has 2 aromatic rings. The molecule has 0 fully saturated rings. The minimum absolute atomic E-state index is 0.0238. The Bertz CT molecular complexity index is 915. The molecule has 2 aliphatic rings. The number of carbonyl (C=O) groups excluding carboxylic acids is 2. The first-order valence-electron chi connectivity index (χ1n) is 10.6. The number of hydrogen-bond donors (Lipinski definition) is 1. The monoisotopic (exact) mass is 388 g/mol. The van der Waals surface area contributed by atoms with Gasteiger partial charge in [0.1, 0.15) is 0 Å². The fourth-order valence-corrected chi connectivity index (χ4v) is 4.19. The van der Waals surface area contributed by atoms with Gasteiger partial charge >= 0.3 is 0 Å². The van der Waals surface area contributed by atoms with Gasteiger partial charge in [0.25, 0.3) is 11.8 Å². The topological polar surface area (TPSA) is 49.4 Å². The van der Waals surface area contributed by atoms with Crippen molar-refractivity contribution in [2.45, 2.75) is 45.1 Å². The normalized spacial score (nSPS) is 16.0. The van der Waals surface area contributed by atoms with Gasteiger partial charge in [0.15, 0.2) is 0 Å². The lowest BCUT2D eigenvalue weighted by Crippen LogP contribution is -2.36. The van der Waals surface area contributed by atoms with Gasteiger partial charge in [0.2, 0.25) is 0 Å². The van der Waals surface area contributed by atoms with Crippen molar-refractivity contribution in [1.29, 1.82) is 0 Å². The van der Waals surface area contributed by atoms with E-state index in [-0.39, 0.29) is 11.8 Å². The van der Waals surface area contributed by atoms with Gasteiger partial charge in [-0.1, -0.05) is 35.9 Å². The first kappa shape index (κ1) is 19.4. The van der Waals surface area contributed by atoms with Crippen LogP contribution in [0.25, 0.3) is 0 Å². The molecular weight excluding hydrogens is 360 g/mol. The first-order valence-corrected chi connectivity index (χ1v) is 10.6. The van der Waals surface area contributed by atoms with E-state index in [1.807, 2.05) is 17.0 Å². The molecule has 0 spiro atoms. The molecule has 2 amide bonds. The molecule has 0 atom stereocenters. The van der Waals surface area contributed by atoms with Crippen LogP contribution in [0.3, 0.4) is 0 Å². The van der Waals surface area contributed by atoms with Crippen LogP contribution in [0.5, 0.6) is 0 Å². The summed E-state index contributed by atoms with van der Waals surface area (Å²) in [6, 6.07) is 15.3. The molecule has 1 N–H and O–H groups in total. The summed E-state index contributed by atoms with van der Waals surface area (Å²) in [4.78, 5) is 27.1. The van der Waals surface area contributed by atoms with Gasteiger partial charge in [-0.2, -0.15) is 0 Å². The summed E-state index contributed by atoms with van der Waals surface area (Å²) in [5.41, 5.74) is 5.24. The van der Waals surface area contributed by atoms with E-state index in [0.29, 0.717) is 24.2 Å². The molecule has 4 nitrogen and oxygen atoms in total. The highest BCUT2D eigenvalue weighted by molar-refractivity contribution is 5.97. The molecule has 150 valence electrons. The van der Waals surface area contributed by atoms with Gasteiger partial charge in [-0.25, -0.2) is 0 Å². The summed E-state index contributed by atoms with van der Waals surface area (Å²) in [5.74, 6) is -0.0528. The molecule has 1 aliphatic heterocycles. The third-order valence-corrected chi connectivity index (χ3v) is 5.93. The molecule has 29 heavy (non-hydrogen) atoms. The Morgan fingerprint density at radius 3 is 2.41 bits per heavy atom. The number of carbonyl (C=O) groups is 2. The molecule has 0 radical (unpaired) electrons. The standard InChI is InChI=1S/C25H28N2O2/c28-24(26-16-14-19-6-2-1-3-7-19)21-10-12-22(13-11-21)25(29)27-17-15-20-8-4-5-9-23(20)18-27/h4-6,8-13H,1-3,7,14-18H2,(H,26,28). The van der Waals surface area contributed by atoms with E-state index in [9.17, 15) is 9.59 Å².